The van der Waals surface area contributed by atoms with Crippen molar-refractivity contribution in [3.05, 3.63) is 42.7 Å². The van der Waals surface area contributed by atoms with Crippen molar-refractivity contribution < 1.29 is 4.39 Å². The summed E-state index contributed by atoms with van der Waals surface area (Å²) in [4.78, 5) is 16.5. The lowest BCUT2D eigenvalue weighted by Gasteiger charge is -2.23. The molecule has 0 amide bonds. The van der Waals surface area contributed by atoms with Crippen molar-refractivity contribution in [3.8, 4) is 11.4 Å². The molecule has 0 bridgehead atoms. The summed E-state index contributed by atoms with van der Waals surface area (Å²) < 4.78 is 15.9. The zero-order valence-electron chi connectivity index (χ0n) is 13.7. The van der Waals surface area contributed by atoms with E-state index in [-0.39, 0.29) is 5.82 Å². The van der Waals surface area contributed by atoms with Crippen molar-refractivity contribution in [1.82, 2.24) is 24.5 Å². The Kier molecular flexibility index (Phi) is 3.29. The first-order valence-corrected chi connectivity index (χ1v) is 8.76. The van der Waals surface area contributed by atoms with Crippen molar-refractivity contribution in [2.75, 3.05) is 0 Å². The fourth-order valence-electron chi connectivity index (χ4n) is 3.88. The van der Waals surface area contributed by atoms with Crippen LogP contribution >= 0.6 is 0 Å². The third kappa shape index (κ3) is 2.40. The number of halogens is 1. The minimum Gasteiger partial charge on any atom is -0.345 e. The molecule has 1 fully saturated rings. The molecule has 6 heteroatoms. The number of hydrogen-bond donors (Lipinski definition) is 1. The van der Waals surface area contributed by atoms with Gasteiger partial charge >= 0.3 is 0 Å². The number of fused-ring (bicyclic) bond motifs is 2. The molecule has 0 aromatic carbocycles. The second-order valence-corrected chi connectivity index (χ2v) is 6.74. The quantitative estimate of drug-likeness (QED) is 0.581. The highest BCUT2D eigenvalue weighted by molar-refractivity contribution is 5.92. The fraction of sp³-hybridized carbons (Fsp3) is 0.316. The molecule has 4 aromatic heterocycles. The summed E-state index contributed by atoms with van der Waals surface area (Å²) >= 11 is 0. The van der Waals surface area contributed by atoms with Crippen LogP contribution in [0.1, 0.15) is 38.1 Å². The molecule has 4 aromatic rings. The summed E-state index contributed by atoms with van der Waals surface area (Å²) in [7, 11) is 0. The van der Waals surface area contributed by atoms with Crippen molar-refractivity contribution >= 4 is 22.1 Å². The lowest BCUT2D eigenvalue weighted by molar-refractivity contribution is 0.359. The smallest absolute Gasteiger partial charge is 0.163 e. The highest BCUT2D eigenvalue weighted by Crippen LogP contribution is 2.32. The molecule has 5 nitrogen and oxygen atoms in total. The maximum atomic E-state index is 13.6. The molecule has 0 radical (unpaired) electrons. The molecule has 0 unspecified atom stereocenters. The van der Waals surface area contributed by atoms with Gasteiger partial charge in [0.05, 0.1) is 6.20 Å². The van der Waals surface area contributed by atoms with Crippen LogP contribution in [0.4, 0.5) is 4.39 Å². The minimum atomic E-state index is -0.361. The lowest BCUT2D eigenvalue weighted by atomic mass is 9.95. The number of hydrogen-bond acceptors (Lipinski definition) is 3. The number of rotatable bonds is 2. The van der Waals surface area contributed by atoms with Crippen LogP contribution in [0.25, 0.3) is 33.5 Å². The first-order valence-electron chi connectivity index (χ1n) is 8.76. The van der Waals surface area contributed by atoms with Crippen molar-refractivity contribution in [2.24, 2.45) is 0 Å². The van der Waals surface area contributed by atoms with Crippen LogP contribution in [0.2, 0.25) is 0 Å². The third-order valence-electron chi connectivity index (χ3n) is 5.16. The maximum absolute atomic E-state index is 13.6. The average Bonchev–Trinajstić information content (AvgIpc) is 3.25. The second kappa shape index (κ2) is 5.65. The Morgan fingerprint density at radius 3 is 2.88 bits per heavy atom. The number of aromatic nitrogens is 5. The SMILES string of the molecule is Fc1cnc2[nH]cc(-c3ncc4ccn(C5CCCCC5)c4n3)c2c1. The molecule has 0 aliphatic heterocycles. The van der Waals surface area contributed by atoms with E-state index in [4.69, 9.17) is 4.98 Å². The minimum absolute atomic E-state index is 0.361. The average molecular weight is 335 g/mol. The van der Waals surface area contributed by atoms with Crippen molar-refractivity contribution in [2.45, 2.75) is 38.1 Å². The number of aromatic amines is 1. The van der Waals surface area contributed by atoms with Crippen LogP contribution in [0.15, 0.2) is 36.9 Å². The van der Waals surface area contributed by atoms with Gasteiger partial charge in [-0.2, -0.15) is 0 Å². The lowest BCUT2D eigenvalue weighted by Crippen LogP contribution is -2.12. The molecule has 0 spiro atoms. The Morgan fingerprint density at radius 2 is 2.00 bits per heavy atom. The summed E-state index contributed by atoms with van der Waals surface area (Å²) in [5.74, 6) is 0.238. The van der Waals surface area contributed by atoms with E-state index in [1.54, 1.807) is 6.20 Å². The third-order valence-corrected chi connectivity index (χ3v) is 5.16. The Labute approximate surface area is 143 Å². The Hall–Kier alpha value is -2.76. The van der Waals surface area contributed by atoms with Gasteiger partial charge in [0.2, 0.25) is 0 Å². The Bertz CT molecular complexity index is 1060. The number of nitrogens with zero attached hydrogens (tertiary/aromatic N) is 4. The molecule has 1 saturated carbocycles. The molecule has 1 aliphatic rings. The summed E-state index contributed by atoms with van der Waals surface area (Å²) in [6.45, 7) is 0. The topological polar surface area (TPSA) is 59.4 Å². The summed E-state index contributed by atoms with van der Waals surface area (Å²) in [5.41, 5.74) is 2.37. The molecule has 5 rings (SSSR count). The van der Waals surface area contributed by atoms with E-state index in [2.05, 4.69) is 31.8 Å². The van der Waals surface area contributed by atoms with Crippen LogP contribution in [-0.2, 0) is 0 Å². The van der Waals surface area contributed by atoms with E-state index in [9.17, 15) is 4.39 Å². The van der Waals surface area contributed by atoms with Crippen LogP contribution in [0, 0.1) is 5.82 Å². The zero-order valence-corrected chi connectivity index (χ0v) is 13.7. The van der Waals surface area contributed by atoms with E-state index >= 15 is 0 Å². The second-order valence-electron chi connectivity index (χ2n) is 6.74. The summed E-state index contributed by atoms with van der Waals surface area (Å²) in [6, 6.07) is 4.06. The van der Waals surface area contributed by atoms with Gasteiger partial charge in [-0.05, 0) is 25.0 Å². The fourth-order valence-corrected chi connectivity index (χ4v) is 3.88. The van der Waals surface area contributed by atoms with Crippen LogP contribution in [-0.4, -0.2) is 24.5 Å². The van der Waals surface area contributed by atoms with Gasteiger partial charge in [-0.25, -0.2) is 19.3 Å². The van der Waals surface area contributed by atoms with Gasteiger partial charge in [0, 0.05) is 41.0 Å². The largest absolute Gasteiger partial charge is 0.345 e. The molecule has 1 N–H and O–H groups in total. The predicted octanol–water partition coefficient (Wildman–Crippen LogP) is 4.62. The van der Waals surface area contributed by atoms with Gasteiger partial charge in [-0.3, -0.25) is 0 Å². The van der Waals surface area contributed by atoms with Gasteiger partial charge in [-0.1, -0.05) is 19.3 Å². The standard InChI is InChI=1S/C19H18FN5/c20-13-8-15-16(11-23-17(15)22-10-13)18-21-9-12-6-7-25(19(12)24-18)14-4-2-1-3-5-14/h6-11,14H,1-5H2,(H,22,23). The molecular weight excluding hydrogens is 317 g/mol. The molecule has 1 aliphatic carbocycles. The number of pyridine rings is 1. The van der Waals surface area contributed by atoms with Crippen LogP contribution in [0.5, 0.6) is 0 Å². The van der Waals surface area contributed by atoms with Gasteiger partial charge in [0.1, 0.15) is 17.1 Å². The van der Waals surface area contributed by atoms with Gasteiger partial charge < -0.3 is 9.55 Å². The van der Waals surface area contributed by atoms with E-state index in [0.29, 0.717) is 22.9 Å². The summed E-state index contributed by atoms with van der Waals surface area (Å²) in [5, 5.41) is 1.74. The van der Waals surface area contributed by atoms with Gasteiger partial charge in [0.15, 0.2) is 5.82 Å². The molecule has 4 heterocycles. The first-order chi connectivity index (χ1) is 12.3. The Morgan fingerprint density at radius 1 is 1.12 bits per heavy atom. The van der Waals surface area contributed by atoms with Gasteiger partial charge in [-0.15, -0.1) is 0 Å². The predicted molar refractivity (Wildman–Crippen MR) is 94.7 cm³/mol. The van der Waals surface area contributed by atoms with Crippen molar-refractivity contribution in [1.29, 1.82) is 0 Å². The molecule has 126 valence electrons. The monoisotopic (exact) mass is 335 g/mol. The molecule has 0 saturated heterocycles. The van der Waals surface area contributed by atoms with Crippen LogP contribution < -0.4 is 0 Å². The first kappa shape index (κ1) is 14.6. The van der Waals surface area contributed by atoms with Crippen molar-refractivity contribution in [3.63, 3.8) is 0 Å². The van der Waals surface area contributed by atoms with E-state index < -0.39 is 0 Å². The highest BCUT2D eigenvalue weighted by Gasteiger charge is 2.18. The normalized spacial score (nSPS) is 16.0. The van der Waals surface area contributed by atoms with Gasteiger partial charge in [0.25, 0.3) is 0 Å². The zero-order chi connectivity index (χ0) is 16.8. The molecular formula is C19H18FN5. The Balaban J connectivity index is 1.65. The number of nitrogens with one attached hydrogen (secondary N) is 1. The maximum Gasteiger partial charge on any atom is 0.163 e. The summed E-state index contributed by atoms with van der Waals surface area (Å²) in [6.07, 6.45) is 13.2. The van der Waals surface area contributed by atoms with E-state index in [1.165, 1.54) is 44.4 Å². The number of H-pyrrole nitrogens is 1. The molecule has 25 heavy (non-hydrogen) atoms. The van der Waals surface area contributed by atoms with Crippen LogP contribution in [0.3, 0.4) is 0 Å². The molecule has 0 atom stereocenters. The highest BCUT2D eigenvalue weighted by atomic mass is 19.1. The van der Waals surface area contributed by atoms with E-state index in [1.807, 2.05) is 6.20 Å². The van der Waals surface area contributed by atoms with E-state index in [0.717, 1.165) is 16.6 Å².